The highest BCUT2D eigenvalue weighted by atomic mass is 35.5. The van der Waals surface area contributed by atoms with Gasteiger partial charge in [-0.25, -0.2) is 9.18 Å². The van der Waals surface area contributed by atoms with Gasteiger partial charge < -0.3 is 4.74 Å². The number of carbonyl (C=O) groups excluding carboxylic acids is 1. The maximum Gasteiger partial charge on any atom is 0.240 e. The lowest BCUT2D eigenvalue weighted by Gasteiger charge is -2.03. The van der Waals surface area contributed by atoms with Gasteiger partial charge in [-0.1, -0.05) is 11.6 Å². The fourth-order valence-electron chi connectivity index (χ4n) is 0.804. The Balaban J connectivity index is 3.09. The Bertz CT molecular complexity index is 350. The third-order valence-electron chi connectivity index (χ3n) is 1.30. The van der Waals surface area contributed by atoms with Gasteiger partial charge in [0.1, 0.15) is 5.69 Å². The molecule has 5 heteroatoms. The van der Waals surface area contributed by atoms with Crippen LogP contribution < -0.4 is 4.74 Å². The molecule has 0 bridgehead atoms. The van der Waals surface area contributed by atoms with E-state index in [4.69, 9.17) is 11.6 Å². The topological polar surface area (TPSA) is 38.7 Å². The van der Waals surface area contributed by atoms with Gasteiger partial charge in [-0.15, -0.1) is 0 Å². The van der Waals surface area contributed by atoms with Crippen LogP contribution in [0.4, 0.5) is 10.1 Å². The molecular formula is C8H5ClFNO2. The predicted molar refractivity (Wildman–Crippen MR) is 45.8 cm³/mol. The lowest BCUT2D eigenvalue weighted by Crippen LogP contribution is -1.89. The number of ether oxygens (including phenoxy) is 1. The number of alkyl halides is 1. The third kappa shape index (κ3) is 2.54. The van der Waals surface area contributed by atoms with E-state index >= 15 is 0 Å². The van der Waals surface area contributed by atoms with Crippen LogP contribution >= 0.6 is 11.6 Å². The summed E-state index contributed by atoms with van der Waals surface area (Å²) >= 11 is 5.61. The van der Waals surface area contributed by atoms with E-state index in [0.717, 1.165) is 0 Å². The van der Waals surface area contributed by atoms with E-state index in [1.165, 1.54) is 24.3 Å². The van der Waals surface area contributed by atoms with Gasteiger partial charge in [0.25, 0.3) is 0 Å². The van der Waals surface area contributed by atoms with Crippen LogP contribution in [0.25, 0.3) is 0 Å². The predicted octanol–water partition coefficient (Wildman–Crippen LogP) is 2.61. The van der Waals surface area contributed by atoms with Gasteiger partial charge in [-0.2, -0.15) is 4.99 Å². The van der Waals surface area contributed by atoms with E-state index in [2.05, 4.69) is 9.73 Å². The minimum Gasteiger partial charge on any atom is -0.461 e. The molecule has 0 aliphatic heterocycles. The zero-order valence-corrected chi connectivity index (χ0v) is 7.21. The molecular weight excluding hydrogens is 197 g/mol. The summed E-state index contributed by atoms with van der Waals surface area (Å²) < 4.78 is 16.4. The SMILES string of the molecule is O=C=Nc1ccc(Cl)cc1OCF. The summed E-state index contributed by atoms with van der Waals surface area (Å²) in [6.45, 7) is -0.998. The average molecular weight is 202 g/mol. The average Bonchev–Trinajstić information content (AvgIpc) is 2.10. The Hall–Kier alpha value is -1.38. The van der Waals surface area contributed by atoms with E-state index in [0.29, 0.717) is 5.02 Å². The van der Waals surface area contributed by atoms with Crippen molar-refractivity contribution in [2.24, 2.45) is 4.99 Å². The molecule has 0 N–H and O–H groups in total. The first kappa shape index (κ1) is 9.71. The summed E-state index contributed by atoms with van der Waals surface area (Å²) in [5.41, 5.74) is 0.206. The lowest BCUT2D eigenvalue weighted by atomic mass is 10.3. The summed E-state index contributed by atoms with van der Waals surface area (Å²) in [6.07, 6.45) is 1.33. The Kier molecular flexibility index (Phi) is 3.43. The fourth-order valence-corrected chi connectivity index (χ4v) is 0.966. The van der Waals surface area contributed by atoms with Crippen LogP contribution in [0.3, 0.4) is 0 Å². The Labute approximate surface area is 78.8 Å². The van der Waals surface area contributed by atoms with Crippen LogP contribution in [-0.2, 0) is 4.79 Å². The van der Waals surface area contributed by atoms with Crippen molar-refractivity contribution in [3.8, 4) is 5.75 Å². The molecule has 0 saturated heterocycles. The minimum absolute atomic E-state index is 0.123. The number of rotatable bonds is 3. The number of hydrogen-bond acceptors (Lipinski definition) is 3. The summed E-state index contributed by atoms with van der Waals surface area (Å²) in [5.74, 6) is 0.123. The highest BCUT2D eigenvalue weighted by Gasteiger charge is 2.03. The first-order chi connectivity index (χ1) is 6.27. The number of nitrogens with zero attached hydrogens (tertiary/aromatic N) is 1. The second-order valence-electron chi connectivity index (χ2n) is 2.07. The van der Waals surface area contributed by atoms with Crippen LogP contribution in [0, 0.1) is 0 Å². The lowest BCUT2D eigenvalue weighted by molar-refractivity contribution is 0.192. The molecule has 0 amide bonds. The van der Waals surface area contributed by atoms with E-state index in [-0.39, 0.29) is 11.4 Å². The molecule has 0 aromatic heterocycles. The number of aliphatic imine (C=N–C) groups is 1. The molecule has 0 unspecified atom stereocenters. The molecule has 0 aliphatic rings. The van der Waals surface area contributed by atoms with Crippen molar-refractivity contribution < 1.29 is 13.9 Å². The monoisotopic (exact) mass is 201 g/mol. The van der Waals surface area contributed by atoms with Gasteiger partial charge in [0.05, 0.1) is 0 Å². The highest BCUT2D eigenvalue weighted by molar-refractivity contribution is 6.30. The van der Waals surface area contributed by atoms with E-state index in [9.17, 15) is 9.18 Å². The van der Waals surface area contributed by atoms with Crippen LogP contribution in [0.15, 0.2) is 23.2 Å². The van der Waals surface area contributed by atoms with E-state index in [1.54, 1.807) is 0 Å². The highest BCUT2D eigenvalue weighted by Crippen LogP contribution is 2.30. The molecule has 1 rings (SSSR count). The standard InChI is InChI=1S/C8H5ClFNO2/c9-6-1-2-7(11-5-12)8(3-6)13-4-10/h1-3H,4H2. The molecule has 13 heavy (non-hydrogen) atoms. The third-order valence-corrected chi connectivity index (χ3v) is 1.53. The Morgan fingerprint density at radius 1 is 1.62 bits per heavy atom. The maximum absolute atomic E-state index is 11.8. The van der Waals surface area contributed by atoms with Crippen molar-refractivity contribution in [2.45, 2.75) is 0 Å². The normalized spacial score (nSPS) is 9.08. The smallest absolute Gasteiger partial charge is 0.240 e. The van der Waals surface area contributed by atoms with Gasteiger partial charge in [0.15, 0.2) is 5.75 Å². The molecule has 0 heterocycles. The zero-order valence-electron chi connectivity index (χ0n) is 6.46. The minimum atomic E-state index is -0.998. The molecule has 0 spiro atoms. The number of benzene rings is 1. The van der Waals surface area contributed by atoms with Crippen LogP contribution in [0.5, 0.6) is 5.75 Å². The summed E-state index contributed by atoms with van der Waals surface area (Å²) in [5, 5.41) is 0.383. The molecule has 1 aromatic carbocycles. The van der Waals surface area contributed by atoms with Crippen molar-refractivity contribution in [1.82, 2.24) is 0 Å². The summed E-state index contributed by atoms with van der Waals surface area (Å²) in [4.78, 5) is 13.3. The second kappa shape index (κ2) is 4.60. The van der Waals surface area contributed by atoms with Crippen LogP contribution in [0.2, 0.25) is 5.02 Å². The number of hydrogen-bond donors (Lipinski definition) is 0. The summed E-state index contributed by atoms with van der Waals surface area (Å²) in [6, 6.07) is 4.33. The molecule has 1 aromatic rings. The van der Waals surface area contributed by atoms with Crippen LogP contribution in [0.1, 0.15) is 0 Å². The number of halogens is 2. The van der Waals surface area contributed by atoms with Crippen molar-refractivity contribution in [3.05, 3.63) is 23.2 Å². The van der Waals surface area contributed by atoms with Crippen molar-refractivity contribution >= 4 is 23.4 Å². The molecule has 68 valence electrons. The first-order valence-electron chi connectivity index (χ1n) is 3.34. The van der Waals surface area contributed by atoms with Gasteiger partial charge in [0.2, 0.25) is 12.9 Å². The van der Waals surface area contributed by atoms with Gasteiger partial charge in [0, 0.05) is 11.1 Å². The maximum atomic E-state index is 11.8. The quantitative estimate of drug-likeness (QED) is 0.557. The molecule has 0 radical (unpaired) electrons. The zero-order chi connectivity index (χ0) is 9.68. The van der Waals surface area contributed by atoms with E-state index < -0.39 is 6.86 Å². The largest absolute Gasteiger partial charge is 0.461 e. The molecule has 3 nitrogen and oxygen atoms in total. The van der Waals surface area contributed by atoms with Gasteiger partial charge >= 0.3 is 0 Å². The van der Waals surface area contributed by atoms with Crippen molar-refractivity contribution in [1.29, 1.82) is 0 Å². The Morgan fingerprint density at radius 3 is 3.00 bits per heavy atom. The molecule has 0 atom stereocenters. The molecule has 0 fully saturated rings. The Morgan fingerprint density at radius 2 is 2.38 bits per heavy atom. The second-order valence-corrected chi connectivity index (χ2v) is 2.51. The van der Waals surface area contributed by atoms with Crippen LogP contribution in [-0.4, -0.2) is 12.9 Å². The van der Waals surface area contributed by atoms with E-state index in [1.807, 2.05) is 0 Å². The molecule has 0 saturated carbocycles. The van der Waals surface area contributed by atoms with Crippen molar-refractivity contribution in [2.75, 3.05) is 6.86 Å². The van der Waals surface area contributed by atoms with Crippen molar-refractivity contribution in [3.63, 3.8) is 0 Å². The first-order valence-corrected chi connectivity index (χ1v) is 3.72. The number of isocyanates is 1. The van der Waals surface area contributed by atoms with Gasteiger partial charge in [-0.3, -0.25) is 0 Å². The summed E-state index contributed by atoms with van der Waals surface area (Å²) in [7, 11) is 0. The molecule has 0 aliphatic carbocycles. The fraction of sp³-hybridized carbons (Fsp3) is 0.125. The van der Waals surface area contributed by atoms with Gasteiger partial charge in [-0.05, 0) is 12.1 Å².